The predicted molar refractivity (Wildman–Crippen MR) is 113 cm³/mol. The SMILES string of the molecule is COCc1ccccc1NC(=O)N1CCC[C@H]1C(=O)N1CCCC1C1CCCC1. The first-order valence-corrected chi connectivity index (χ1v) is 11.1. The molecule has 1 aromatic carbocycles. The molecule has 1 saturated carbocycles. The number of benzene rings is 1. The topological polar surface area (TPSA) is 61.9 Å². The number of rotatable bonds is 5. The van der Waals surface area contributed by atoms with E-state index < -0.39 is 0 Å². The molecule has 1 N–H and O–H groups in total. The van der Waals surface area contributed by atoms with Crippen LogP contribution in [0.25, 0.3) is 0 Å². The van der Waals surface area contributed by atoms with E-state index in [9.17, 15) is 9.59 Å². The van der Waals surface area contributed by atoms with Crippen LogP contribution in [0.4, 0.5) is 10.5 Å². The molecule has 0 radical (unpaired) electrons. The largest absolute Gasteiger partial charge is 0.380 e. The second kappa shape index (κ2) is 9.16. The van der Waals surface area contributed by atoms with Gasteiger partial charge in [0.25, 0.3) is 0 Å². The van der Waals surface area contributed by atoms with Gasteiger partial charge in [-0.05, 0) is 50.5 Å². The zero-order chi connectivity index (χ0) is 20.2. The number of nitrogens with one attached hydrogen (secondary N) is 1. The zero-order valence-electron chi connectivity index (χ0n) is 17.4. The molecule has 29 heavy (non-hydrogen) atoms. The Morgan fingerprint density at radius 3 is 2.52 bits per heavy atom. The van der Waals surface area contributed by atoms with Gasteiger partial charge in [0, 0.05) is 37.5 Å². The van der Waals surface area contributed by atoms with Gasteiger partial charge in [-0.15, -0.1) is 0 Å². The minimum Gasteiger partial charge on any atom is -0.380 e. The molecule has 4 rings (SSSR count). The van der Waals surface area contributed by atoms with Crippen LogP contribution in [0.1, 0.15) is 56.9 Å². The lowest BCUT2D eigenvalue weighted by molar-refractivity contribution is -0.136. The summed E-state index contributed by atoms with van der Waals surface area (Å²) in [5.74, 6) is 0.822. The maximum Gasteiger partial charge on any atom is 0.322 e. The molecule has 0 spiro atoms. The number of ether oxygens (including phenoxy) is 1. The van der Waals surface area contributed by atoms with Crippen molar-refractivity contribution in [3.05, 3.63) is 29.8 Å². The van der Waals surface area contributed by atoms with E-state index >= 15 is 0 Å². The molecule has 3 fully saturated rings. The van der Waals surface area contributed by atoms with Crippen LogP contribution in [-0.4, -0.2) is 54.0 Å². The summed E-state index contributed by atoms with van der Waals surface area (Å²) in [7, 11) is 1.64. The summed E-state index contributed by atoms with van der Waals surface area (Å²) in [6.45, 7) is 1.93. The van der Waals surface area contributed by atoms with Gasteiger partial charge in [-0.2, -0.15) is 0 Å². The Kier molecular flexibility index (Phi) is 6.38. The van der Waals surface area contributed by atoms with Crippen molar-refractivity contribution in [2.75, 3.05) is 25.5 Å². The lowest BCUT2D eigenvalue weighted by Crippen LogP contribution is -2.51. The molecular formula is C23H33N3O3. The van der Waals surface area contributed by atoms with Crippen LogP contribution in [0.15, 0.2) is 24.3 Å². The maximum absolute atomic E-state index is 13.4. The van der Waals surface area contributed by atoms with Crippen molar-refractivity contribution in [3.8, 4) is 0 Å². The van der Waals surface area contributed by atoms with Crippen LogP contribution in [0.5, 0.6) is 0 Å². The molecule has 0 aromatic heterocycles. The van der Waals surface area contributed by atoms with E-state index in [0.29, 0.717) is 25.1 Å². The highest BCUT2D eigenvalue weighted by Gasteiger charge is 2.42. The molecule has 0 bridgehead atoms. The fraction of sp³-hybridized carbons (Fsp3) is 0.652. The molecule has 2 atom stereocenters. The van der Waals surface area contributed by atoms with E-state index in [2.05, 4.69) is 10.2 Å². The second-order valence-corrected chi connectivity index (χ2v) is 8.66. The van der Waals surface area contributed by atoms with Crippen LogP contribution in [-0.2, 0) is 16.1 Å². The molecule has 158 valence electrons. The van der Waals surface area contributed by atoms with E-state index in [1.807, 2.05) is 24.3 Å². The molecule has 2 heterocycles. The molecule has 2 saturated heterocycles. The van der Waals surface area contributed by atoms with Gasteiger partial charge in [0.1, 0.15) is 6.04 Å². The zero-order valence-corrected chi connectivity index (χ0v) is 17.4. The summed E-state index contributed by atoms with van der Waals surface area (Å²) in [5, 5.41) is 3.02. The average molecular weight is 400 g/mol. The molecule has 3 aliphatic rings. The highest BCUT2D eigenvalue weighted by atomic mass is 16.5. The van der Waals surface area contributed by atoms with E-state index in [1.165, 1.54) is 25.7 Å². The molecule has 2 aliphatic heterocycles. The Labute approximate surface area is 173 Å². The van der Waals surface area contributed by atoms with Crippen LogP contribution in [0, 0.1) is 5.92 Å². The Morgan fingerprint density at radius 2 is 1.72 bits per heavy atom. The number of carbonyl (C=O) groups excluding carboxylic acids is 2. The lowest BCUT2D eigenvalue weighted by atomic mass is 9.95. The standard InChI is InChI=1S/C23H33N3O3/c1-29-16-18-10-4-5-11-19(18)24-23(28)26-15-7-13-21(26)22(27)25-14-6-12-20(25)17-8-2-3-9-17/h4-5,10-11,17,20-21H,2-3,6-9,12-16H2,1H3,(H,24,28)/t20?,21-/m0/s1. The van der Waals surface area contributed by atoms with E-state index in [-0.39, 0.29) is 18.0 Å². The third kappa shape index (κ3) is 4.27. The Hall–Kier alpha value is -2.08. The summed E-state index contributed by atoms with van der Waals surface area (Å²) in [6, 6.07) is 7.55. The summed E-state index contributed by atoms with van der Waals surface area (Å²) >= 11 is 0. The number of anilines is 1. The summed E-state index contributed by atoms with van der Waals surface area (Å²) < 4.78 is 5.24. The number of nitrogens with zero attached hydrogens (tertiary/aromatic N) is 2. The molecule has 1 aliphatic carbocycles. The average Bonchev–Trinajstić information content (AvgIpc) is 3.49. The Balaban J connectivity index is 1.44. The van der Waals surface area contributed by atoms with Crippen molar-refractivity contribution in [2.45, 2.75) is 70.1 Å². The molecule has 1 aromatic rings. The minimum absolute atomic E-state index is 0.164. The summed E-state index contributed by atoms with van der Waals surface area (Å²) in [5.41, 5.74) is 1.69. The summed E-state index contributed by atoms with van der Waals surface area (Å²) in [6.07, 6.45) is 8.95. The van der Waals surface area contributed by atoms with Gasteiger partial charge < -0.3 is 19.9 Å². The monoisotopic (exact) mass is 399 g/mol. The van der Waals surface area contributed by atoms with Gasteiger partial charge in [0.15, 0.2) is 0 Å². The first-order valence-electron chi connectivity index (χ1n) is 11.1. The van der Waals surface area contributed by atoms with Crippen LogP contribution in [0.3, 0.4) is 0 Å². The van der Waals surface area contributed by atoms with E-state index in [4.69, 9.17) is 4.74 Å². The van der Waals surface area contributed by atoms with Gasteiger partial charge >= 0.3 is 6.03 Å². The highest BCUT2D eigenvalue weighted by molar-refractivity contribution is 5.94. The maximum atomic E-state index is 13.4. The van der Waals surface area contributed by atoms with Gasteiger partial charge in [-0.1, -0.05) is 31.0 Å². The van der Waals surface area contributed by atoms with Crippen molar-refractivity contribution in [1.82, 2.24) is 9.80 Å². The fourth-order valence-corrected chi connectivity index (χ4v) is 5.47. The van der Waals surface area contributed by atoms with Gasteiger partial charge in [-0.3, -0.25) is 4.79 Å². The van der Waals surface area contributed by atoms with Crippen molar-refractivity contribution in [3.63, 3.8) is 0 Å². The number of hydrogen-bond acceptors (Lipinski definition) is 3. The minimum atomic E-state index is -0.327. The van der Waals surface area contributed by atoms with E-state index in [0.717, 1.165) is 43.5 Å². The normalized spacial score (nSPS) is 25.0. The van der Waals surface area contributed by atoms with Gasteiger partial charge in [-0.25, -0.2) is 4.79 Å². The van der Waals surface area contributed by atoms with E-state index in [1.54, 1.807) is 12.0 Å². The Morgan fingerprint density at radius 1 is 1.00 bits per heavy atom. The smallest absolute Gasteiger partial charge is 0.322 e. The molecule has 6 heteroatoms. The molecule has 3 amide bonds. The van der Waals surface area contributed by atoms with Crippen LogP contribution in [0.2, 0.25) is 0 Å². The van der Waals surface area contributed by atoms with Gasteiger partial charge in [0.2, 0.25) is 5.91 Å². The molecular weight excluding hydrogens is 366 g/mol. The first kappa shape index (κ1) is 20.2. The van der Waals surface area contributed by atoms with Crippen molar-refractivity contribution < 1.29 is 14.3 Å². The Bertz CT molecular complexity index is 732. The highest BCUT2D eigenvalue weighted by Crippen LogP contribution is 2.36. The number of methoxy groups -OCH3 is 1. The molecule has 1 unspecified atom stereocenters. The third-order valence-corrected chi connectivity index (χ3v) is 6.88. The van der Waals surface area contributed by atoms with Crippen molar-refractivity contribution >= 4 is 17.6 Å². The quantitative estimate of drug-likeness (QED) is 0.814. The third-order valence-electron chi connectivity index (χ3n) is 6.88. The van der Waals surface area contributed by atoms with Crippen molar-refractivity contribution in [2.24, 2.45) is 5.92 Å². The number of hydrogen-bond donors (Lipinski definition) is 1. The number of para-hydroxylation sites is 1. The summed E-state index contributed by atoms with van der Waals surface area (Å²) in [4.78, 5) is 30.3. The lowest BCUT2D eigenvalue weighted by Gasteiger charge is -2.34. The first-order chi connectivity index (χ1) is 14.2. The number of urea groups is 1. The van der Waals surface area contributed by atoms with Crippen LogP contribution >= 0.6 is 0 Å². The fourth-order valence-electron chi connectivity index (χ4n) is 5.47. The molecule has 6 nitrogen and oxygen atoms in total. The van der Waals surface area contributed by atoms with Gasteiger partial charge in [0.05, 0.1) is 6.61 Å². The number of amides is 3. The second-order valence-electron chi connectivity index (χ2n) is 8.66. The van der Waals surface area contributed by atoms with Crippen molar-refractivity contribution in [1.29, 1.82) is 0 Å². The predicted octanol–water partition coefficient (Wildman–Crippen LogP) is 4.01. The van der Waals surface area contributed by atoms with Crippen LogP contribution < -0.4 is 5.32 Å². The number of carbonyl (C=O) groups is 2. The number of likely N-dealkylation sites (tertiary alicyclic amines) is 2.